The Labute approximate surface area is 209 Å². The molecule has 0 saturated carbocycles. The molecule has 2 unspecified atom stereocenters. The summed E-state index contributed by atoms with van der Waals surface area (Å²) in [6.45, 7) is -0.648. The van der Waals surface area contributed by atoms with E-state index in [-0.39, 0.29) is 51.8 Å². The van der Waals surface area contributed by atoms with Gasteiger partial charge in [-0.3, -0.25) is 0 Å². The van der Waals surface area contributed by atoms with E-state index in [1.807, 2.05) is 0 Å². The van der Waals surface area contributed by atoms with Crippen molar-refractivity contribution in [3.8, 4) is 5.75 Å². The van der Waals surface area contributed by atoms with Gasteiger partial charge < -0.3 is 38.9 Å². The van der Waals surface area contributed by atoms with Crippen molar-refractivity contribution in [3.05, 3.63) is 52.4 Å². The Morgan fingerprint density at radius 1 is 1.03 bits per heavy atom. The molecule has 4 N–H and O–H groups in total. The van der Waals surface area contributed by atoms with E-state index >= 15 is 0 Å². The van der Waals surface area contributed by atoms with Crippen molar-refractivity contribution in [1.82, 2.24) is 0 Å². The minimum absolute atomic E-state index is 0. The molecule has 0 bridgehead atoms. The van der Waals surface area contributed by atoms with Crippen LogP contribution in [0.4, 0.5) is 0 Å². The number of benzene rings is 2. The monoisotopic (exact) mass is 490 g/mol. The van der Waals surface area contributed by atoms with Crippen LogP contribution < -0.4 is 39.9 Å². The molecule has 33 heavy (non-hydrogen) atoms. The standard InChI is InChI=1S/C20H20O11S.Na/c21-7-14-17(23)18(24)19(25)20(31-14)30-12-6-13-16(11-4-2-1-3-10(11)12)9(5-15(22)29-13)8-32(26,27)28;/h1-6,14,17-21,23-25H,7-8H2,(H,26,27,28);/q;+1/p-1/t14?,17-,18-,19?,20-;/m1./s1. The van der Waals surface area contributed by atoms with Crippen LogP contribution in [0, 0.1) is 0 Å². The van der Waals surface area contributed by atoms with E-state index in [9.17, 15) is 38.2 Å². The molecule has 2 aromatic carbocycles. The third kappa shape index (κ3) is 5.25. The van der Waals surface area contributed by atoms with Crippen LogP contribution in [0.15, 0.2) is 45.6 Å². The van der Waals surface area contributed by atoms with E-state index in [1.165, 1.54) is 6.07 Å². The number of aliphatic hydroxyl groups excluding tert-OH is 4. The van der Waals surface area contributed by atoms with Crippen LogP contribution in [-0.2, 0) is 20.6 Å². The van der Waals surface area contributed by atoms with Crippen molar-refractivity contribution >= 4 is 31.9 Å². The normalized spacial score (nSPS) is 25.7. The second-order valence-electron chi connectivity index (χ2n) is 7.40. The van der Waals surface area contributed by atoms with E-state index in [2.05, 4.69) is 0 Å². The fraction of sp³-hybridized carbons (Fsp3) is 0.350. The van der Waals surface area contributed by atoms with Gasteiger partial charge in [0, 0.05) is 22.9 Å². The van der Waals surface area contributed by atoms with Gasteiger partial charge >= 0.3 is 35.2 Å². The average Bonchev–Trinajstić information content (AvgIpc) is 2.72. The van der Waals surface area contributed by atoms with Gasteiger partial charge in [0.1, 0.15) is 35.7 Å². The summed E-state index contributed by atoms with van der Waals surface area (Å²) >= 11 is 0. The van der Waals surface area contributed by atoms with Crippen LogP contribution in [0.3, 0.4) is 0 Å². The molecule has 1 fully saturated rings. The van der Waals surface area contributed by atoms with Crippen molar-refractivity contribution in [2.24, 2.45) is 0 Å². The van der Waals surface area contributed by atoms with E-state index in [0.717, 1.165) is 6.07 Å². The zero-order valence-corrected chi connectivity index (χ0v) is 20.1. The van der Waals surface area contributed by atoms with E-state index in [4.69, 9.17) is 13.9 Å². The Morgan fingerprint density at radius 2 is 1.70 bits per heavy atom. The van der Waals surface area contributed by atoms with Crippen molar-refractivity contribution < 1.29 is 76.8 Å². The number of hydrogen-bond donors (Lipinski definition) is 4. The van der Waals surface area contributed by atoms with Crippen molar-refractivity contribution in [3.63, 3.8) is 0 Å². The molecule has 3 aromatic rings. The number of aliphatic hydroxyl groups is 4. The minimum Gasteiger partial charge on any atom is -0.748 e. The van der Waals surface area contributed by atoms with Gasteiger partial charge in [0.15, 0.2) is 0 Å². The molecule has 2 heterocycles. The summed E-state index contributed by atoms with van der Waals surface area (Å²) < 4.78 is 50.3. The molecule has 1 aliphatic heterocycles. The Balaban J connectivity index is 0.00000306. The first kappa shape index (κ1) is 26.0. The molecule has 0 spiro atoms. The molecule has 0 radical (unpaired) electrons. The van der Waals surface area contributed by atoms with Crippen LogP contribution in [0.5, 0.6) is 5.75 Å². The summed E-state index contributed by atoms with van der Waals surface area (Å²) in [5, 5.41) is 40.6. The van der Waals surface area contributed by atoms with Crippen LogP contribution >= 0.6 is 0 Å². The topological polar surface area (TPSA) is 187 Å². The first-order chi connectivity index (χ1) is 15.1. The second kappa shape index (κ2) is 9.96. The molecular weight excluding hydrogens is 471 g/mol. The largest absolute Gasteiger partial charge is 1.00 e. The van der Waals surface area contributed by atoms with Gasteiger partial charge in [-0.1, -0.05) is 24.3 Å². The van der Waals surface area contributed by atoms with E-state index in [0.29, 0.717) is 10.8 Å². The zero-order valence-electron chi connectivity index (χ0n) is 17.3. The van der Waals surface area contributed by atoms with Gasteiger partial charge in [0.2, 0.25) is 6.29 Å². The van der Waals surface area contributed by atoms with E-state index in [1.54, 1.807) is 24.3 Å². The van der Waals surface area contributed by atoms with Crippen molar-refractivity contribution in [2.45, 2.75) is 36.5 Å². The fourth-order valence-corrected chi connectivity index (χ4v) is 4.38. The third-order valence-corrected chi connectivity index (χ3v) is 5.88. The molecule has 13 heteroatoms. The predicted octanol–water partition coefficient (Wildman–Crippen LogP) is -3.83. The molecule has 1 saturated heterocycles. The second-order valence-corrected chi connectivity index (χ2v) is 8.81. The van der Waals surface area contributed by atoms with Gasteiger partial charge in [0.05, 0.1) is 22.5 Å². The number of fused-ring (bicyclic) bond motifs is 3. The van der Waals surface area contributed by atoms with Crippen molar-refractivity contribution in [1.29, 1.82) is 0 Å². The molecule has 0 aliphatic carbocycles. The van der Waals surface area contributed by atoms with Crippen molar-refractivity contribution in [2.75, 3.05) is 6.61 Å². The molecule has 1 aliphatic rings. The summed E-state index contributed by atoms with van der Waals surface area (Å²) in [6.07, 6.45) is -7.60. The minimum atomic E-state index is -4.70. The molecule has 4 rings (SSSR count). The van der Waals surface area contributed by atoms with E-state index < -0.39 is 58.8 Å². The molecule has 11 nitrogen and oxygen atoms in total. The quantitative estimate of drug-likeness (QED) is 0.119. The van der Waals surface area contributed by atoms with Gasteiger partial charge in [-0.2, -0.15) is 0 Å². The maximum atomic E-state index is 12.0. The van der Waals surface area contributed by atoms with Crippen LogP contribution in [0.1, 0.15) is 5.56 Å². The van der Waals surface area contributed by atoms with Gasteiger partial charge in [-0.25, -0.2) is 13.2 Å². The summed E-state index contributed by atoms with van der Waals surface area (Å²) in [7, 11) is -4.70. The maximum absolute atomic E-state index is 12.0. The Hall–Kier alpha value is -1.58. The number of hydrogen-bond acceptors (Lipinski definition) is 11. The molecule has 172 valence electrons. The summed E-state index contributed by atoms with van der Waals surface area (Å²) in [6, 6.07) is 8.69. The first-order valence-electron chi connectivity index (χ1n) is 9.48. The predicted molar refractivity (Wildman–Crippen MR) is 108 cm³/mol. The average molecular weight is 490 g/mol. The Kier molecular flexibility index (Phi) is 7.86. The number of ether oxygens (including phenoxy) is 2. The number of rotatable bonds is 5. The Bertz CT molecular complexity index is 1320. The Morgan fingerprint density at radius 3 is 2.33 bits per heavy atom. The van der Waals surface area contributed by atoms with Crippen LogP contribution in [0.25, 0.3) is 21.7 Å². The molecule has 0 amide bonds. The van der Waals surface area contributed by atoms with Gasteiger partial charge in [0.25, 0.3) is 0 Å². The molecule has 1 aromatic heterocycles. The third-order valence-electron chi connectivity index (χ3n) is 5.22. The first-order valence-corrected chi connectivity index (χ1v) is 11.1. The summed E-state index contributed by atoms with van der Waals surface area (Å²) in [5.41, 5.74) is -0.999. The molecule has 5 atom stereocenters. The fourth-order valence-electron chi connectivity index (χ4n) is 3.77. The zero-order chi connectivity index (χ0) is 23.2. The van der Waals surface area contributed by atoms with Gasteiger partial charge in [-0.05, 0) is 10.9 Å². The van der Waals surface area contributed by atoms with Gasteiger partial charge in [-0.15, -0.1) is 0 Å². The summed E-state index contributed by atoms with van der Waals surface area (Å²) in [5.74, 6) is -0.880. The molecular formula is C20H19NaO11S. The van der Waals surface area contributed by atoms with Crippen LogP contribution in [0.2, 0.25) is 0 Å². The van der Waals surface area contributed by atoms with Crippen LogP contribution in [-0.4, -0.2) is 70.7 Å². The smallest absolute Gasteiger partial charge is 0.748 e. The summed E-state index contributed by atoms with van der Waals surface area (Å²) in [4.78, 5) is 12.0. The SMILES string of the molecule is O=c1cc(CS(=O)(=O)[O-])c2c(cc(O[C@@H]3OC(CO)[C@@H](O)[C@@H](O)C3O)c3ccccc32)o1.[Na+]. The maximum Gasteiger partial charge on any atom is 1.00 e.